The third-order valence-electron chi connectivity index (χ3n) is 5.41. The van der Waals surface area contributed by atoms with E-state index in [2.05, 4.69) is 22.8 Å². The molecule has 1 fully saturated rings. The molecule has 0 radical (unpaired) electrons. The van der Waals surface area contributed by atoms with Crippen molar-refractivity contribution in [2.24, 2.45) is 0 Å². The van der Waals surface area contributed by atoms with E-state index in [0.717, 1.165) is 36.3 Å². The summed E-state index contributed by atoms with van der Waals surface area (Å²) in [6.07, 6.45) is 6.17. The van der Waals surface area contributed by atoms with Crippen LogP contribution in [-0.2, 0) is 15.0 Å². The van der Waals surface area contributed by atoms with E-state index in [9.17, 15) is 9.59 Å². The van der Waals surface area contributed by atoms with Crippen LogP contribution < -0.4 is 15.4 Å². The van der Waals surface area contributed by atoms with E-state index in [1.54, 1.807) is 13.2 Å². The Hall–Kier alpha value is -2.47. The maximum Gasteiger partial charge on any atom is 0.313 e. The molecule has 28 heavy (non-hydrogen) atoms. The molecule has 0 heterocycles. The summed E-state index contributed by atoms with van der Waals surface area (Å²) in [5.74, 6) is -0.423. The number of hydrogen-bond acceptors (Lipinski definition) is 4. The molecule has 2 amide bonds. The lowest BCUT2D eigenvalue weighted by Gasteiger charge is -2.30. The smallest absolute Gasteiger partial charge is 0.313 e. The van der Waals surface area contributed by atoms with Crippen molar-refractivity contribution in [2.75, 3.05) is 25.2 Å². The Balaban J connectivity index is 1.66. The van der Waals surface area contributed by atoms with Crippen LogP contribution in [0.1, 0.15) is 31.2 Å². The van der Waals surface area contributed by atoms with E-state index in [4.69, 9.17) is 4.74 Å². The maximum atomic E-state index is 12.4. The summed E-state index contributed by atoms with van der Waals surface area (Å²) in [6.45, 7) is 0.454. The highest BCUT2D eigenvalue weighted by molar-refractivity contribution is 7.98. The highest BCUT2D eigenvalue weighted by atomic mass is 32.2. The molecular formula is C22H26N2O3S. The normalized spacial score (nSPS) is 15.1. The lowest BCUT2D eigenvalue weighted by atomic mass is 9.78. The molecule has 1 aliphatic rings. The fraction of sp³-hybridized carbons (Fsp3) is 0.364. The van der Waals surface area contributed by atoms with Gasteiger partial charge in [0, 0.05) is 16.9 Å². The molecule has 0 aliphatic heterocycles. The zero-order valence-corrected chi connectivity index (χ0v) is 17.1. The second-order valence-corrected chi connectivity index (χ2v) is 7.90. The van der Waals surface area contributed by atoms with Gasteiger partial charge in [-0.1, -0.05) is 37.1 Å². The number of nitrogens with one attached hydrogen (secondary N) is 2. The molecule has 6 heteroatoms. The number of para-hydroxylation sites is 1. The Bertz CT molecular complexity index is 830. The lowest BCUT2D eigenvalue weighted by molar-refractivity contribution is -0.136. The van der Waals surface area contributed by atoms with E-state index in [1.807, 2.05) is 36.6 Å². The van der Waals surface area contributed by atoms with Crippen LogP contribution in [0.2, 0.25) is 0 Å². The molecular weight excluding hydrogens is 372 g/mol. The largest absolute Gasteiger partial charge is 0.497 e. The topological polar surface area (TPSA) is 67.4 Å². The first-order valence-electron chi connectivity index (χ1n) is 9.45. The van der Waals surface area contributed by atoms with Gasteiger partial charge in [0.05, 0.1) is 12.8 Å². The van der Waals surface area contributed by atoms with Crippen LogP contribution in [0.4, 0.5) is 5.69 Å². The third kappa shape index (κ3) is 4.50. The number of rotatable bonds is 6. The van der Waals surface area contributed by atoms with Crippen LogP contribution in [0.3, 0.4) is 0 Å². The first-order chi connectivity index (χ1) is 13.6. The fourth-order valence-electron chi connectivity index (χ4n) is 3.82. The predicted molar refractivity (Wildman–Crippen MR) is 113 cm³/mol. The number of carbonyl (C=O) groups is 2. The second-order valence-electron chi connectivity index (χ2n) is 7.05. The quantitative estimate of drug-likeness (QED) is 0.570. The van der Waals surface area contributed by atoms with Crippen molar-refractivity contribution in [3.63, 3.8) is 0 Å². The van der Waals surface area contributed by atoms with Gasteiger partial charge in [0.2, 0.25) is 0 Å². The summed E-state index contributed by atoms with van der Waals surface area (Å²) >= 11 is 1.53. The van der Waals surface area contributed by atoms with Crippen LogP contribution in [-0.4, -0.2) is 31.7 Å². The molecule has 3 rings (SSSR count). The fourth-order valence-corrected chi connectivity index (χ4v) is 4.37. The van der Waals surface area contributed by atoms with Crippen molar-refractivity contribution in [3.05, 3.63) is 54.1 Å². The summed E-state index contributed by atoms with van der Waals surface area (Å²) in [5.41, 5.74) is 1.71. The van der Waals surface area contributed by atoms with Gasteiger partial charge in [-0.15, -0.1) is 11.8 Å². The molecule has 0 saturated heterocycles. The standard InChI is InChI=1S/C22H26N2O3S/c1-27-17-11-9-16(10-12-17)22(13-5-6-14-22)15-23-20(25)21(26)24-18-7-3-4-8-19(18)28-2/h3-4,7-12H,5-6,13-15H2,1-2H3,(H,23,25)(H,24,26). The number of hydrogen-bond donors (Lipinski definition) is 2. The number of carbonyl (C=O) groups excluding carboxylic acids is 2. The van der Waals surface area contributed by atoms with Crippen molar-refractivity contribution < 1.29 is 14.3 Å². The summed E-state index contributed by atoms with van der Waals surface area (Å²) in [5, 5.41) is 5.58. The van der Waals surface area contributed by atoms with Gasteiger partial charge in [0.25, 0.3) is 0 Å². The van der Waals surface area contributed by atoms with Gasteiger partial charge in [-0.25, -0.2) is 0 Å². The van der Waals surface area contributed by atoms with E-state index in [-0.39, 0.29) is 5.41 Å². The number of benzene rings is 2. The summed E-state index contributed by atoms with van der Waals surface area (Å²) in [7, 11) is 1.65. The summed E-state index contributed by atoms with van der Waals surface area (Å²) < 4.78 is 5.25. The molecule has 0 atom stereocenters. The Morgan fingerprint density at radius 3 is 2.36 bits per heavy atom. The highest BCUT2D eigenvalue weighted by Gasteiger charge is 2.36. The number of thioether (sulfide) groups is 1. The van der Waals surface area contributed by atoms with Gasteiger partial charge in [0.1, 0.15) is 5.75 Å². The van der Waals surface area contributed by atoms with Gasteiger partial charge < -0.3 is 15.4 Å². The molecule has 1 saturated carbocycles. The molecule has 0 bridgehead atoms. The van der Waals surface area contributed by atoms with Crippen LogP contribution in [0.5, 0.6) is 5.75 Å². The first kappa shape index (κ1) is 20.3. The van der Waals surface area contributed by atoms with Crippen molar-refractivity contribution in [1.82, 2.24) is 5.32 Å². The van der Waals surface area contributed by atoms with E-state index in [0.29, 0.717) is 12.2 Å². The molecule has 148 valence electrons. The predicted octanol–water partition coefficient (Wildman–Crippen LogP) is 3.98. The molecule has 2 N–H and O–H groups in total. The van der Waals surface area contributed by atoms with Crippen molar-refractivity contribution in [3.8, 4) is 5.75 Å². The zero-order valence-electron chi connectivity index (χ0n) is 16.3. The minimum atomic E-state index is -0.635. The van der Waals surface area contributed by atoms with Crippen molar-refractivity contribution >= 4 is 29.3 Å². The first-order valence-corrected chi connectivity index (χ1v) is 10.7. The number of anilines is 1. The maximum absolute atomic E-state index is 12.4. The molecule has 0 unspecified atom stereocenters. The zero-order chi connectivity index (χ0) is 20.0. The Labute approximate surface area is 170 Å². The van der Waals surface area contributed by atoms with Crippen LogP contribution in [0.15, 0.2) is 53.4 Å². The Morgan fingerprint density at radius 2 is 1.71 bits per heavy atom. The minimum absolute atomic E-state index is 0.126. The van der Waals surface area contributed by atoms with Crippen molar-refractivity contribution in [1.29, 1.82) is 0 Å². The van der Waals surface area contributed by atoms with E-state index >= 15 is 0 Å². The molecule has 0 spiro atoms. The van der Waals surface area contributed by atoms with Gasteiger partial charge in [-0.2, -0.15) is 0 Å². The monoisotopic (exact) mass is 398 g/mol. The highest BCUT2D eigenvalue weighted by Crippen LogP contribution is 2.41. The number of ether oxygens (including phenoxy) is 1. The molecule has 5 nitrogen and oxygen atoms in total. The Morgan fingerprint density at radius 1 is 1.04 bits per heavy atom. The summed E-state index contributed by atoms with van der Waals surface area (Å²) in [4.78, 5) is 25.7. The lowest BCUT2D eigenvalue weighted by Crippen LogP contribution is -2.43. The summed E-state index contributed by atoms with van der Waals surface area (Å²) in [6, 6.07) is 15.5. The van der Waals surface area contributed by atoms with Gasteiger partial charge in [0.15, 0.2) is 0 Å². The van der Waals surface area contributed by atoms with Gasteiger partial charge in [-0.3, -0.25) is 9.59 Å². The molecule has 2 aromatic rings. The van der Waals surface area contributed by atoms with Crippen LogP contribution >= 0.6 is 11.8 Å². The Kier molecular flexibility index (Phi) is 6.62. The molecule has 0 aromatic heterocycles. The van der Waals surface area contributed by atoms with Gasteiger partial charge in [-0.05, 0) is 48.9 Å². The third-order valence-corrected chi connectivity index (χ3v) is 6.21. The van der Waals surface area contributed by atoms with Crippen LogP contribution in [0.25, 0.3) is 0 Å². The van der Waals surface area contributed by atoms with Crippen LogP contribution in [0, 0.1) is 0 Å². The minimum Gasteiger partial charge on any atom is -0.497 e. The number of methoxy groups -OCH3 is 1. The molecule has 1 aliphatic carbocycles. The van der Waals surface area contributed by atoms with Crippen molar-refractivity contribution in [2.45, 2.75) is 36.0 Å². The second kappa shape index (κ2) is 9.15. The average Bonchev–Trinajstić information content (AvgIpc) is 3.22. The van der Waals surface area contributed by atoms with E-state index < -0.39 is 11.8 Å². The number of amides is 2. The van der Waals surface area contributed by atoms with Gasteiger partial charge >= 0.3 is 11.8 Å². The SMILES string of the molecule is COc1ccc(C2(CNC(=O)C(=O)Nc3ccccc3SC)CCCC2)cc1. The van der Waals surface area contributed by atoms with E-state index in [1.165, 1.54) is 17.3 Å². The average molecular weight is 399 g/mol. The molecule has 2 aromatic carbocycles.